The highest BCUT2D eigenvalue weighted by Gasteiger charge is 2.35. The molecule has 1 unspecified atom stereocenters. The van der Waals surface area contributed by atoms with Gasteiger partial charge in [-0.25, -0.2) is 4.39 Å². The summed E-state index contributed by atoms with van der Waals surface area (Å²) in [6, 6.07) is 5.72. The van der Waals surface area contributed by atoms with Gasteiger partial charge in [-0.1, -0.05) is 19.4 Å². The molecule has 0 radical (unpaired) electrons. The monoisotopic (exact) mass is 247 g/mol. The normalized spacial score (nSPS) is 24.7. The Morgan fingerprint density at radius 2 is 2.22 bits per heavy atom. The molecule has 1 fully saturated rings. The summed E-state index contributed by atoms with van der Waals surface area (Å²) in [4.78, 5) is 0. The van der Waals surface area contributed by atoms with Crippen molar-refractivity contribution in [1.82, 2.24) is 5.32 Å². The third-order valence-electron chi connectivity index (χ3n) is 5.07. The fourth-order valence-electron chi connectivity index (χ4n) is 3.47. The van der Waals surface area contributed by atoms with Crippen molar-refractivity contribution in [3.63, 3.8) is 0 Å². The Hall–Kier alpha value is -0.890. The first kappa shape index (κ1) is 12.2. The summed E-state index contributed by atoms with van der Waals surface area (Å²) in [5.74, 6) is -0.0987. The SMILES string of the molecule is CCC1(CNC2CCc3cc(F)ccc32)CCC1. The maximum atomic E-state index is 13.2. The minimum absolute atomic E-state index is 0.0987. The first-order valence-corrected chi connectivity index (χ1v) is 7.24. The molecule has 1 N–H and O–H groups in total. The van der Waals surface area contributed by atoms with E-state index in [-0.39, 0.29) is 5.82 Å². The second-order valence-corrected chi connectivity index (χ2v) is 6.02. The lowest BCUT2D eigenvalue weighted by Gasteiger charge is -2.42. The largest absolute Gasteiger partial charge is 0.309 e. The van der Waals surface area contributed by atoms with E-state index in [0.717, 1.165) is 19.4 Å². The molecular formula is C16H22FN. The summed E-state index contributed by atoms with van der Waals surface area (Å²) < 4.78 is 13.2. The van der Waals surface area contributed by atoms with Crippen LogP contribution in [0.25, 0.3) is 0 Å². The molecule has 1 atom stereocenters. The van der Waals surface area contributed by atoms with Crippen molar-refractivity contribution in [1.29, 1.82) is 0 Å². The second-order valence-electron chi connectivity index (χ2n) is 6.02. The zero-order valence-corrected chi connectivity index (χ0v) is 11.1. The van der Waals surface area contributed by atoms with Crippen molar-refractivity contribution in [2.45, 2.75) is 51.5 Å². The molecule has 2 aliphatic carbocycles. The van der Waals surface area contributed by atoms with E-state index in [1.165, 1.54) is 36.8 Å². The molecule has 1 nitrogen and oxygen atoms in total. The standard InChI is InChI=1S/C16H22FN/c1-2-16(8-3-9-16)11-18-15-7-4-12-10-13(17)5-6-14(12)15/h5-6,10,15,18H,2-4,7-9,11H2,1H3. The lowest BCUT2D eigenvalue weighted by atomic mass is 9.67. The molecular weight excluding hydrogens is 225 g/mol. The number of benzene rings is 1. The Labute approximate surface area is 109 Å². The van der Waals surface area contributed by atoms with Crippen molar-refractivity contribution in [3.8, 4) is 0 Å². The molecule has 0 amide bonds. The van der Waals surface area contributed by atoms with E-state index in [0.29, 0.717) is 11.5 Å². The molecule has 2 heteroatoms. The van der Waals surface area contributed by atoms with Crippen LogP contribution in [0.1, 0.15) is 56.2 Å². The number of nitrogens with one attached hydrogen (secondary N) is 1. The van der Waals surface area contributed by atoms with Crippen LogP contribution in [0.5, 0.6) is 0 Å². The average molecular weight is 247 g/mol. The number of hydrogen-bond acceptors (Lipinski definition) is 1. The predicted molar refractivity (Wildman–Crippen MR) is 72.0 cm³/mol. The summed E-state index contributed by atoms with van der Waals surface area (Å²) >= 11 is 0. The molecule has 0 spiro atoms. The van der Waals surface area contributed by atoms with Crippen LogP contribution in [0.3, 0.4) is 0 Å². The predicted octanol–water partition coefficient (Wildman–Crippen LogP) is 3.98. The van der Waals surface area contributed by atoms with Crippen molar-refractivity contribution < 1.29 is 4.39 Å². The quantitative estimate of drug-likeness (QED) is 0.848. The highest BCUT2D eigenvalue weighted by Crippen LogP contribution is 2.44. The highest BCUT2D eigenvalue weighted by atomic mass is 19.1. The molecule has 2 aliphatic rings. The van der Waals surface area contributed by atoms with E-state index >= 15 is 0 Å². The van der Waals surface area contributed by atoms with Gasteiger partial charge in [-0.2, -0.15) is 0 Å². The lowest BCUT2D eigenvalue weighted by molar-refractivity contribution is 0.119. The zero-order valence-electron chi connectivity index (χ0n) is 11.1. The van der Waals surface area contributed by atoms with Crippen molar-refractivity contribution >= 4 is 0 Å². The first-order chi connectivity index (χ1) is 8.72. The van der Waals surface area contributed by atoms with Gasteiger partial charge in [0.1, 0.15) is 5.82 Å². The van der Waals surface area contributed by atoms with E-state index in [9.17, 15) is 4.39 Å². The minimum atomic E-state index is -0.0987. The number of aryl methyl sites for hydroxylation is 1. The van der Waals surface area contributed by atoms with Crippen LogP contribution in [-0.4, -0.2) is 6.54 Å². The van der Waals surface area contributed by atoms with Gasteiger partial charge in [0, 0.05) is 12.6 Å². The maximum absolute atomic E-state index is 13.2. The van der Waals surface area contributed by atoms with Gasteiger partial charge < -0.3 is 5.32 Å². The van der Waals surface area contributed by atoms with Crippen LogP contribution >= 0.6 is 0 Å². The first-order valence-electron chi connectivity index (χ1n) is 7.24. The third kappa shape index (κ3) is 2.07. The molecule has 0 saturated heterocycles. The van der Waals surface area contributed by atoms with Crippen molar-refractivity contribution in [2.75, 3.05) is 6.54 Å². The van der Waals surface area contributed by atoms with Crippen molar-refractivity contribution in [3.05, 3.63) is 35.1 Å². The summed E-state index contributed by atoms with van der Waals surface area (Å²) in [6.45, 7) is 3.43. The minimum Gasteiger partial charge on any atom is -0.309 e. The van der Waals surface area contributed by atoms with E-state index in [4.69, 9.17) is 0 Å². The van der Waals surface area contributed by atoms with Gasteiger partial charge in [0.05, 0.1) is 0 Å². The number of halogens is 1. The molecule has 0 aliphatic heterocycles. The Balaban J connectivity index is 1.66. The summed E-state index contributed by atoms with van der Waals surface area (Å²) in [5.41, 5.74) is 3.08. The molecule has 18 heavy (non-hydrogen) atoms. The van der Waals surface area contributed by atoms with Crippen LogP contribution < -0.4 is 5.32 Å². The Morgan fingerprint density at radius 1 is 1.39 bits per heavy atom. The van der Waals surface area contributed by atoms with E-state index in [1.54, 1.807) is 12.1 Å². The van der Waals surface area contributed by atoms with Crippen LogP contribution in [0.2, 0.25) is 0 Å². The summed E-state index contributed by atoms with van der Waals surface area (Å²) in [5, 5.41) is 3.73. The molecule has 1 aromatic rings. The maximum Gasteiger partial charge on any atom is 0.123 e. The van der Waals surface area contributed by atoms with Gasteiger partial charge in [-0.3, -0.25) is 0 Å². The van der Waals surface area contributed by atoms with E-state index in [2.05, 4.69) is 12.2 Å². The third-order valence-corrected chi connectivity index (χ3v) is 5.07. The fourth-order valence-corrected chi connectivity index (χ4v) is 3.47. The van der Waals surface area contributed by atoms with Crippen LogP contribution in [0.4, 0.5) is 4.39 Å². The van der Waals surface area contributed by atoms with Crippen LogP contribution in [0, 0.1) is 11.2 Å². The van der Waals surface area contributed by atoms with Gasteiger partial charge in [0.2, 0.25) is 0 Å². The second kappa shape index (κ2) is 4.65. The number of hydrogen-bond donors (Lipinski definition) is 1. The smallest absolute Gasteiger partial charge is 0.123 e. The van der Waals surface area contributed by atoms with Gasteiger partial charge in [0.25, 0.3) is 0 Å². The van der Waals surface area contributed by atoms with Crippen molar-refractivity contribution in [2.24, 2.45) is 5.41 Å². The van der Waals surface area contributed by atoms with Crippen LogP contribution in [-0.2, 0) is 6.42 Å². The number of rotatable bonds is 4. The molecule has 98 valence electrons. The van der Waals surface area contributed by atoms with Crippen LogP contribution in [0.15, 0.2) is 18.2 Å². The molecule has 3 rings (SSSR count). The topological polar surface area (TPSA) is 12.0 Å². The van der Waals surface area contributed by atoms with Gasteiger partial charge >= 0.3 is 0 Å². The average Bonchev–Trinajstić information content (AvgIpc) is 2.71. The highest BCUT2D eigenvalue weighted by molar-refractivity contribution is 5.35. The number of fused-ring (bicyclic) bond motifs is 1. The fraction of sp³-hybridized carbons (Fsp3) is 0.625. The Bertz CT molecular complexity index is 431. The molecule has 0 aromatic heterocycles. The lowest BCUT2D eigenvalue weighted by Crippen LogP contribution is -2.40. The summed E-state index contributed by atoms with van der Waals surface area (Å²) in [6.07, 6.45) is 7.56. The molecule has 0 heterocycles. The molecule has 1 aromatic carbocycles. The molecule has 1 saturated carbocycles. The Morgan fingerprint density at radius 3 is 2.89 bits per heavy atom. The zero-order chi connectivity index (χ0) is 12.6. The van der Waals surface area contributed by atoms with Gasteiger partial charge in [-0.05, 0) is 60.8 Å². The van der Waals surface area contributed by atoms with Gasteiger partial charge in [-0.15, -0.1) is 0 Å². The van der Waals surface area contributed by atoms with E-state index in [1.807, 2.05) is 6.07 Å². The Kier molecular flexibility index (Phi) is 3.14. The van der Waals surface area contributed by atoms with Gasteiger partial charge in [0.15, 0.2) is 0 Å². The molecule has 0 bridgehead atoms. The van der Waals surface area contributed by atoms with E-state index < -0.39 is 0 Å². The summed E-state index contributed by atoms with van der Waals surface area (Å²) in [7, 11) is 0.